The number of carbonyl (C=O) groups excluding carboxylic acids is 3. The summed E-state index contributed by atoms with van der Waals surface area (Å²) in [5.41, 5.74) is 2.66. The monoisotopic (exact) mass is 320 g/mol. The SMILES string of the molecule is C[C@@H]1CC[C@@H]2C(=O)N(NC(=O)c3ccccc3Cl)C(=O)[C@@H]2C1. The molecule has 0 unspecified atom stereocenters. The number of rotatable bonds is 2. The van der Waals surface area contributed by atoms with Crippen LogP contribution in [0.1, 0.15) is 36.5 Å². The maximum absolute atomic E-state index is 12.4. The highest BCUT2D eigenvalue weighted by Crippen LogP contribution is 2.39. The quantitative estimate of drug-likeness (QED) is 0.851. The lowest BCUT2D eigenvalue weighted by molar-refractivity contribution is -0.142. The molecular formula is C16H17ClN2O3. The van der Waals surface area contributed by atoms with E-state index in [1.807, 2.05) is 0 Å². The first-order valence-corrected chi connectivity index (χ1v) is 7.80. The third kappa shape index (κ3) is 2.50. The number of hydrogen-bond donors (Lipinski definition) is 1. The van der Waals surface area contributed by atoms with Crippen LogP contribution < -0.4 is 5.43 Å². The maximum atomic E-state index is 12.4. The molecule has 0 radical (unpaired) electrons. The zero-order valence-electron chi connectivity index (χ0n) is 12.2. The second-order valence-corrected chi connectivity index (χ2v) is 6.47. The highest BCUT2D eigenvalue weighted by molar-refractivity contribution is 6.33. The molecule has 6 heteroatoms. The largest absolute Gasteiger partial charge is 0.272 e. The first kappa shape index (κ1) is 15.0. The molecule has 0 bridgehead atoms. The number of nitrogens with one attached hydrogen (secondary N) is 1. The molecule has 2 aliphatic rings. The van der Waals surface area contributed by atoms with Crippen molar-refractivity contribution in [2.45, 2.75) is 26.2 Å². The fraction of sp³-hybridized carbons (Fsp3) is 0.438. The smallest absolute Gasteiger partial charge is 0.271 e. The topological polar surface area (TPSA) is 66.5 Å². The summed E-state index contributed by atoms with van der Waals surface area (Å²) in [4.78, 5) is 37.0. The fourth-order valence-electron chi connectivity index (χ4n) is 3.31. The van der Waals surface area contributed by atoms with E-state index in [1.54, 1.807) is 24.3 Å². The van der Waals surface area contributed by atoms with Crippen LogP contribution in [-0.2, 0) is 9.59 Å². The van der Waals surface area contributed by atoms with E-state index in [0.717, 1.165) is 11.4 Å². The van der Waals surface area contributed by atoms with Crippen LogP contribution in [0.3, 0.4) is 0 Å². The van der Waals surface area contributed by atoms with Gasteiger partial charge in [0.1, 0.15) is 0 Å². The highest BCUT2D eigenvalue weighted by atomic mass is 35.5. The van der Waals surface area contributed by atoms with Gasteiger partial charge in [0, 0.05) is 0 Å². The van der Waals surface area contributed by atoms with Crippen molar-refractivity contribution in [3.8, 4) is 0 Å². The first-order valence-electron chi connectivity index (χ1n) is 7.42. The van der Waals surface area contributed by atoms with E-state index in [-0.39, 0.29) is 34.2 Å². The van der Waals surface area contributed by atoms with Crippen LogP contribution in [0.15, 0.2) is 24.3 Å². The molecule has 1 heterocycles. The summed E-state index contributed by atoms with van der Waals surface area (Å²) in [6.07, 6.45) is 2.34. The van der Waals surface area contributed by atoms with Crippen LogP contribution in [0, 0.1) is 17.8 Å². The van der Waals surface area contributed by atoms with Gasteiger partial charge in [-0.25, -0.2) is 0 Å². The van der Waals surface area contributed by atoms with Crippen LogP contribution >= 0.6 is 11.6 Å². The number of halogens is 1. The van der Waals surface area contributed by atoms with Gasteiger partial charge in [-0.1, -0.05) is 30.7 Å². The van der Waals surface area contributed by atoms with Crippen LogP contribution in [0.2, 0.25) is 5.02 Å². The molecule has 0 spiro atoms. The Morgan fingerprint density at radius 1 is 1.18 bits per heavy atom. The number of hydrazine groups is 1. The summed E-state index contributed by atoms with van der Waals surface area (Å²) in [6.45, 7) is 2.08. The molecular weight excluding hydrogens is 304 g/mol. The second kappa shape index (κ2) is 5.72. The number of nitrogens with zero attached hydrogens (tertiary/aromatic N) is 1. The number of carbonyl (C=O) groups is 3. The average molecular weight is 321 g/mol. The lowest BCUT2D eigenvalue weighted by Gasteiger charge is -2.25. The Balaban J connectivity index is 1.78. The van der Waals surface area contributed by atoms with Crippen LogP contribution in [0.4, 0.5) is 0 Å². The van der Waals surface area contributed by atoms with Crippen LogP contribution in [0.25, 0.3) is 0 Å². The van der Waals surface area contributed by atoms with E-state index in [4.69, 9.17) is 11.6 Å². The number of benzene rings is 1. The lowest BCUT2D eigenvalue weighted by atomic mass is 9.76. The van der Waals surface area contributed by atoms with E-state index in [0.29, 0.717) is 18.8 Å². The van der Waals surface area contributed by atoms with E-state index in [2.05, 4.69) is 12.3 Å². The Hall–Kier alpha value is -1.88. The molecule has 1 N–H and O–H groups in total. The van der Waals surface area contributed by atoms with Gasteiger partial charge in [0.25, 0.3) is 17.7 Å². The number of imide groups is 1. The van der Waals surface area contributed by atoms with Crippen molar-refractivity contribution >= 4 is 29.3 Å². The first-order chi connectivity index (χ1) is 10.5. The minimum atomic E-state index is -0.543. The van der Waals surface area contributed by atoms with Crippen LogP contribution in [-0.4, -0.2) is 22.7 Å². The molecule has 3 amide bonds. The molecule has 1 saturated heterocycles. The van der Waals surface area contributed by atoms with Crippen molar-refractivity contribution in [2.75, 3.05) is 0 Å². The van der Waals surface area contributed by atoms with E-state index < -0.39 is 5.91 Å². The molecule has 3 rings (SSSR count). The van der Waals surface area contributed by atoms with Gasteiger partial charge in [0.2, 0.25) is 0 Å². The standard InChI is InChI=1S/C16H17ClN2O3/c1-9-6-7-10-12(8-9)16(22)19(15(10)21)18-14(20)11-4-2-3-5-13(11)17/h2-5,9-10,12H,6-8H2,1H3,(H,18,20)/t9-,10+,12-/m1/s1. The van der Waals surface area contributed by atoms with Crippen molar-refractivity contribution in [1.29, 1.82) is 0 Å². The minimum Gasteiger partial charge on any atom is -0.272 e. The highest BCUT2D eigenvalue weighted by Gasteiger charge is 2.50. The Labute approximate surface area is 133 Å². The summed E-state index contributed by atoms with van der Waals surface area (Å²) in [5, 5.41) is 1.17. The third-order valence-corrected chi connectivity index (χ3v) is 4.85. The summed E-state index contributed by atoms with van der Waals surface area (Å²) < 4.78 is 0. The zero-order valence-corrected chi connectivity index (χ0v) is 13.0. The van der Waals surface area contributed by atoms with Gasteiger partial charge >= 0.3 is 0 Å². The summed E-state index contributed by atoms with van der Waals surface area (Å²) >= 11 is 5.97. The van der Waals surface area contributed by atoms with Gasteiger partial charge in [0.05, 0.1) is 22.4 Å². The summed E-state index contributed by atoms with van der Waals surface area (Å²) in [6, 6.07) is 6.53. The van der Waals surface area contributed by atoms with E-state index in [1.165, 1.54) is 0 Å². The Kier molecular flexibility index (Phi) is 3.91. The Morgan fingerprint density at radius 2 is 1.86 bits per heavy atom. The van der Waals surface area contributed by atoms with Gasteiger partial charge in [-0.3, -0.25) is 19.8 Å². The molecule has 1 aliphatic carbocycles. The van der Waals surface area contributed by atoms with E-state index in [9.17, 15) is 14.4 Å². The molecule has 3 atom stereocenters. The zero-order chi connectivity index (χ0) is 15.9. The van der Waals surface area contributed by atoms with Crippen LogP contribution in [0.5, 0.6) is 0 Å². The molecule has 116 valence electrons. The molecule has 2 fully saturated rings. The predicted octanol–water partition coefficient (Wildman–Crippen LogP) is 2.41. The molecule has 22 heavy (non-hydrogen) atoms. The molecule has 0 aromatic heterocycles. The summed E-state index contributed by atoms with van der Waals surface area (Å²) in [5.74, 6) is -1.32. The molecule has 1 aromatic carbocycles. The normalized spacial score (nSPS) is 27.7. The predicted molar refractivity (Wildman–Crippen MR) is 80.8 cm³/mol. The number of hydrogen-bond acceptors (Lipinski definition) is 3. The third-order valence-electron chi connectivity index (χ3n) is 4.52. The Morgan fingerprint density at radius 3 is 2.59 bits per heavy atom. The second-order valence-electron chi connectivity index (χ2n) is 6.06. The van der Waals surface area contributed by atoms with Crippen molar-refractivity contribution in [3.05, 3.63) is 34.9 Å². The molecule has 1 saturated carbocycles. The molecule has 1 aromatic rings. The lowest BCUT2D eigenvalue weighted by Crippen LogP contribution is -2.46. The fourth-order valence-corrected chi connectivity index (χ4v) is 3.53. The van der Waals surface area contributed by atoms with Crippen molar-refractivity contribution in [3.63, 3.8) is 0 Å². The van der Waals surface area contributed by atoms with Gasteiger partial charge < -0.3 is 0 Å². The van der Waals surface area contributed by atoms with Gasteiger partial charge in [-0.05, 0) is 37.3 Å². The maximum Gasteiger partial charge on any atom is 0.271 e. The average Bonchev–Trinajstić information content (AvgIpc) is 2.72. The summed E-state index contributed by atoms with van der Waals surface area (Å²) in [7, 11) is 0. The van der Waals surface area contributed by atoms with E-state index >= 15 is 0 Å². The van der Waals surface area contributed by atoms with Crippen molar-refractivity contribution in [2.24, 2.45) is 17.8 Å². The van der Waals surface area contributed by atoms with Crippen molar-refractivity contribution in [1.82, 2.24) is 10.4 Å². The Bertz CT molecular complexity index is 646. The van der Waals surface area contributed by atoms with Gasteiger partial charge in [-0.2, -0.15) is 5.01 Å². The number of fused-ring (bicyclic) bond motifs is 1. The molecule has 5 nitrogen and oxygen atoms in total. The van der Waals surface area contributed by atoms with Crippen molar-refractivity contribution < 1.29 is 14.4 Å². The minimum absolute atomic E-state index is 0.244. The molecule has 1 aliphatic heterocycles. The van der Waals surface area contributed by atoms with Gasteiger partial charge in [0.15, 0.2) is 0 Å². The number of amides is 3. The van der Waals surface area contributed by atoms with Gasteiger partial charge in [-0.15, -0.1) is 0 Å².